The maximum atomic E-state index is 13.2. The van der Waals surface area contributed by atoms with Gasteiger partial charge in [-0.3, -0.25) is 4.79 Å². The Hall–Kier alpha value is -2.90. The van der Waals surface area contributed by atoms with E-state index in [1.54, 1.807) is 35.6 Å². The van der Waals surface area contributed by atoms with Crippen LogP contribution in [0.1, 0.15) is 33.3 Å². The molecule has 0 fully saturated rings. The minimum Gasteiger partial charge on any atom is -0.331 e. The van der Waals surface area contributed by atoms with Gasteiger partial charge in [0.25, 0.3) is 5.91 Å². The van der Waals surface area contributed by atoms with Crippen molar-refractivity contribution in [1.82, 2.24) is 4.90 Å². The van der Waals surface area contributed by atoms with Gasteiger partial charge in [-0.15, -0.1) is 11.3 Å². The molecule has 0 bridgehead atoms. The third-order valence-corrected chi connectivity index (χ3v) is 5.23. The van der Waals surface area contributed by atoms with Crippen LogP contribution in [0.2, 0.25) is 0 Å². The van der Waals surface area contributed by atoms with Crippen LogP contribution in [0, 0.1) is 11.3 Å². The summed E-state index contributed by atoms with van der Waals surface area (Å²) in [6, 6.07) is 23.2. The van der Waals surface area contributed by atoms with Crippen molar-refractivity contribution in [2.24, 2.45) is 0 Å². The molecule has 1 heterocycles. The maximum Gasteiger partial charge on any atom is 0.254 e. The zero-order valence-electron chi connectivity index (χ0n) is 14.6. The molecule has 0 radical (unpaired) electrons. The molecule has 3 rings (SSSR count). The number of carbonyl (C=O) groups is 1. The number of nitriles is 1. The van der Waals surface area contributed by atoms with E-state index in [4.69, 9.17) is 5.26 Å². The van der Waals surface area contributed by atoms with E-state index in [-0.39, 0.29) is 11.9 Å². The van der Waals surface area contributed by atoms with Gasteiger partial charge in [-0.25, -0.2) is 0 Å². The molecule has 3 aromatic rings. The van der Waals surface area contributed by atoms with Gasteiger partial charge in [0.15, 0.2) is 0 Å². The molecule has 0 N–H and O–H groups in total. The number of benzene rings is 2. The lowest BCUT2D eigenvalue weighted by Crippen LogP contribution is -2.39. The first-order valence-electron chi connectivity index (χ1n) is 8.55. The molecule has 1 aromatic heterocycles. The van der Waals surface area contributed by atoms with Gasteiger partial charge in [0, 0.05) is 29.4 Å². The van der Waals surface area contributed by atoms with Crippen LogP contribution in [0.3, 0.4) is 0 Å². The van der Waals surface area contributed by atoms with E-state index >= 15 is 0 Å². The number of hydrogen-bond acceptors (Lipinski definition) is 3. The highest BCUT2D eigenvalue weighted by Crippen LogP contribution is 2.19. The van der Waals surface area contributed by atoms with Gasteiger partial charge in [0.1, 0.15) is 0 Å². The topological polar surface area (TPSA) is 44.1 Å². The van der Waals surface area contributed by atoms with Crippen molar-refractivity contribution in [2.75, 3.05) is 0 Å². The Bertz CT molecular complexity index is 880. The summed E-state index contributed by atoms with van der Waals surface area (Å²) in [5.41, 5.74) is 2.27. The molecule has 1 amide bonds. The van der Waals surface area contributed by atoms with Crippen LogP contribution in [0.5, 0.6) is 0 Å². The number of thiophene rings is 1. The first-order chi connectivity index (χ1) is 12.7. The molecule has 0 saturated carbocycles. The molecule has 0 aliphatic carbocycles. The Balaban J connectivity index is 1.85. The number of amides is 1. The predicted molar refractivity (Wildman–Crippen MR) is 105 cm³/mol. The molecule has 0 saturated heterocycles. The lowest BCUT2D eigenvalue weighted by molar-refractivity contribution is 0.0676. The van der Waals surface area contributed by atoms with Crippen LogP contribution in [0.25, 0.3) is 0 Å². The van der Waals surface area contributed by atoms with Crippen molar-refractivity contribution in [1.29, 1.82) is 5.26 Å². The number of hydrogen-bond donors (Lipinski definition) is 0. The van der Waals surface area contributed by atoms with Gasteiger partial charge in [-0.2, -0.15) is 5.26 Å². The number of rotatable bonds is 6. The minimum atomic E-state index is -0.0117. The Morgan fingerprint density at radius 2 is 1.81 bits per heavy atom. The lowest BCUT2D eigenvalue weighted by Gasteiger charge is -2.29. The molecule has 26 heavy (non-hydrogen) atoms. The minimum absolute atomic E-state index is 0.0117. The van der Waals surface area contributed by atoms with Crippen LogP contribution in [0.15, 0.2) is 72.1 Å². The first kappa shape index (κ1) is 17.9. The van der Waals surface area contributed by atoms with Crippen molar-refractivity contribution >= 4 is 17.2 Å². The van der Waals surface area contributed by atoms with Gasteiger partial charge >= 0.3 is 0 Å². The zero-order valence-corrected chi connectivity index (χ0v) is 15.4. The van der Waals surface area contributed by atoms with Crippen LogP contribution in [-0.2, 0) is 13.0 Å². The fraction of sp³-hybridized carbons (Fsp3) is 0.182. The summed E-state index contributed by atoms with van der Waals surface area (Å²) in [5.74, 6) is -0.0117. The molecule has 0 aliphatic heterocycles. The van der Waals surface area contributed by atoms with Gasteiger partial charge in [0.2, 0.25) is 0 Å². The monoisotopic (exact) mass is 360 g/mol. The second-order valence-electron chi connectivity index (χ2n) is 6.24. The van der Waals surface area contributed by atoms with E-state index in [1.807, 2.05) is 41.3 Å². The van der Waals surface area contributed by atoms with E-state index in [0.29, 0.717) is 17.7 Å². The van der Waals surface area contributed by atoms with Crippen molar-refractivity contribution in [2.45, 2.75) is 25.9 Å². The van der Waals surface area contributed by atoms with Gasteiger partial charge in [-0.1, -0.05) is 36.4 Å². The summed E-state index contributed by atoms with van der Waals surface area (Å²) in [4.78, 5) is 16.3. The molecule has 1 atom stereocenters. The molecule has 0 spiro atoms. The average molecular weight is 360 g/mol. The first-order valence-corrected chi connectivity index (χ1v) is 9.43. The van der Waals surface area contributed by atoms with Crippen LogP contribution in [0.4, 0.5) is 0 Å². The third-order valence-electron chi connectivity index (χ3n) is 4.33. The largest absolute Gasteiger partial charge is 0.331 e. The van der Waals surface area contributed by atoms with E-state index < -0.39 is 0 Å². The summed E-state index contributed by atoms with van der Waals surface area (Å²) >= 11 is 1.71. The highest BCUT2D eigenvalue weighted by molar-refractivity contribution is 7.09. The second-order valence-corrected chi connectivity index (χ2v) is 7.27. The lowest BCUT2D eigenvalue weighted by atomic mass is 10.1. The fourth-order valence-electron chi connectivity index (χ4n) is 2.89. The number of carbonyl (C=O) groups excluding carboxylic acids is 1. The van der Waals surface area contributed by atoms with Crippen LogP contribution >= 0.6 is 11.3 Å². The fourth-order valence-corrected chi connectivity index (χ4v) is 3.72. The van der Waals surface area contributed by atoms with E-state index in [2.05, 4.69) is 24.4 Å². The van der Waals surface area contributed by atoms with Crippen molar-refractivity contribution < 1.29 is 4.79 Å². The van der Waals surface area contributed by atoms with E-state index in [1.165, 1.54) is 4.88 Å². The van der Waals surface area contributed by atoms with Crippen LogP contribution < -0.4 is 0 Å². The van der Waals surface area contributed by atoms with E-state index in [0.717, 1.165) is 12.0 Å². The summed E-state index contributed by atoms with van der Waals surface area (Å²) < 4.78 is 0. The SMILES string of the molecule is CC(Cc1cccs1)N(Cc1ccccc1)C(=O)c1ccc(C#N)cc1. The Morgan fingerprint density at radius 3 is 2.42 bits per heavy atom. The maximum absolute atomic E-state index is 13.2. The smallest absolute Gasteiger partial charge is 0.254 e. The van der Waals surface area contributed by atoms with Crippen LogP contribution in [-0.4, -0.2) is 16.8 Å². The number of nitrogens with zero attached hydrogens (tertiary/aromatic N) is 2. The molecule has 2 aromatic carbocycles. The molecule has 1 unspecified atom stereocenters. The van der Waals surface area contributed by atoms with Crippen molar-refractivity contribution in [3.63, 3.8) is 0 Å². The van der Waals surface area contributed by atoms with Crippen molar-refractivity contribution in [3.05, 3.63) is 93.7 Å². The Labute approximate surface area is 158 Å². The quantitative estimate of drug-likeness (QED) is 0.628. The van der Waals surface area contributed by atoms with Gasteiger partial charge in [0.05, 0.1) is 11.6 Å². The normalized spacial score (nSPS) is 11.5. The predicted octanol–water partition coefficient (Wildman–Crippen LogP) is 4.89. The standard InChI is InChI=1S/C22H20N2OS/c1-17(14-21-8-5-13-26-21)24(16-19-6-3-2-4-7-19)22(25)20-11-9-18(15-23)10-12-20/h2-13,17H,14,16H2,1H3. The Kier molecular flexibility index (Phi) is 5.83. The summed E-state index contributed by atoms with van der Waals surface area (Å²) in [7, 11) is 0. The van der Waals surface area contributed by atoms with Gasteiger partial charge < -0.3 is 4.90 Å². The zero-order chi connectivity index (χ0) is 18.4. The molecule has 3 nitrogen and oxygen atoms in total. The third kappa shape index (κ3) is 4.38. The summed E-state index contributed by atoms with van der Waals surface area (Å²) in [5, 5.41) is 11.0. The molecule has 4 heteroatoms. The summed E-state index contributed by atoms with van der Waals surface area (Å²) in [6.07, 6.45) is 0.826. The molecular formula is C22H20N2OS. The van der Waals surface area contributed by atoms with Crippen molar-refractivity contribution in [3.8, 4) is 6.07 Å². The summed E-state index contributed by atoms with van der Waals surface area (Å²) in [6.45, 7) is 2.65. The molecule has 0 aliphatic rings. The highest BCUT2D eigenvalue weighted by atomic mass is 32.1. The van der Waals surface area contributed by atoms with E-state index in [9.17, 15) is 4.79 Å². The highest BCUT2D eigenvalue weighted by Gasteiger charge is 2.22. The Morgan fingerprint density at radius 1 is 1.08 bits per heavy atom. The molecular weight excluding hydrogens is 340 g/mol. The van der Waals surface area contributed by atoms with Gasteiger partial charge in [-0.05, 0) is 48.2 Å². The second kappa shape index (κ2) is 8.46. The molecule has 130 valence electrons. The average Bonchev–Trinajstić information content (AvgIpc) is 3.19.